The summed E-state index contributed by atoms with van der Waals surface area (Å²) < 4.78 is 29.7. The number of nitrogens with zero attached hydrogens (tertiary/aromatic N) is 1. The molecule has 0 amide bonds. The Hall–Kier alpha value is -0.330. The van der Waals surface area contributed by atoms with Crippen LogP contribution in [-0.4, -0.2) is 50.0 Å². The topological polar surface area (TPSA) is 63.7 Å². The molecule has 0 saturated heterocycles. The first-order valence-electron chi connectivity index (χ1n) is 5.67. The van der Waals surface area contributed by atoms with Crippen molar-refractivity contribution in [1.29, 1.82) is 0 Å². The third-order valence-corrected chi connectivity index (χ3v) is 4.18. The van der Waals surface area contributed by atoms with Gasteiger partial charge in [0.15, 0.2) is 0 Å². The molecule has 0 aliphatic rings. The smallest absolute Gasteiger partial charge is 0.321 e. The zero-order valence-electron chi connectivity index (χ0n) is 10.3. The Morgan fingerprint density at radius 3 is 2.47 bits per heavy atom. The van der Waals surface area contributed by atoms with E-state index in [4.69, 9.17) is 16.3 Å². The number of ether oxygens (including phenoxy) is 1. The average molecular weight is 286 g/mol. The van der Waals surface area contributed by atoms with E-state index in [1.54, 1.807) is 6.92 Å². The van der Waals surface area contributed by atoms with Crippen LogP contribution in [0.5, 0.6) is 0 Å². The van der Waals surface area contributed by atoms with Crippen molar-refractivity contribution < 1.29 is 17.9 Å². The van der Waals surface area contributed by atoms with Gasteiger partial charge in [-0.25, -0.2) is 8.42 Å². The molecule has 0 fully saturated rings. The summed E-state index contributed by atoms with van der Waals surface area (Å²) in [6.07, 6.45) is 1.03. The van der Waals surface area contributed by atoms with Crippen LogP contribution in [-0.2, 0) is 19.6 Å². The zero-order chi connectivity index (χ0) is 13.3. The number of hydrogen-bond acceptors (Lipinski definition) is 4. The fourth-order valence-electron chi connectivity index (χ4n) is 1.28. The number of carbonyl (C=O) groups is 1. The van der Waals surface area contributed by atoms with Gasteiger partial charge in [0, 0.05) is 12.4 Å². The van der Waals surface area contributed by atoms with E-state index < -0.39 is 16.0 Å². The van der Waals surface area contributed by atoms with Crippen molar-refractivity contribution in [3.63, 3.8) is 0 Å². The van der Waals surface area contributed by atoms with Gasteiger partial charge < -0.3 is 4.74 Å². The molecule has 0 unspecified atom stereocenters. The van der Waals surface area contributed by atoms with E-state index in [1.807, 2.05) is 6.92 Å². The van der Waals surface area contributed by atoms with E-state index in [1.165, 1.54) is 0 Å². The Morgan fingerprint density at radius 2 is 2.00 bits per heavy atom. The maximum atomic E-state index is 11.9. The number of rotatable bonds is 9. The van der Waals surface area contributed by atoms with E-state index in [2.05, 4.69) is 0 Å². The van der Waals surface area contributed by atoms with Crippen LogP contribution in [0.2, 0.25) is 0 Å². The van der Waals surface area contributed by atoms with Crippen molar-refractivity contribution in [2.45, 2.75) is 26.7 Å². The lowest BCUT2D eigenvalue weighted by Gasteiger charge is -2.20. The lowest BCUT2D eigenvalue weighted by atomic mass is 10.5. The van der Waals surface area contributed by atoms with Crippen LogP contribution in [0.1, 0.15) is 26.7 Å². The second-order valence-corrected chi connectivity index (χ2v) is 5.96. The summed E-state index contributed by atoms with van der Waals surface area (Å²) in [5.41, 5.74) is 0. The van der Waals surface area contributed by atoms with Gasteiger partial charge in [-0.2, -0.15) is 4.31 Å². The van der Waals surface area contributed by atoms with Gasteiger partial charge in [-0.1, -0.05) is 6.92 Å². The lowest BCUT2D eigenvalue weighted by Crippen LogP contribution is -2.38. The van der Waals surface area contributed by atoms with Gasteiger partial charge in [-0.05, 0) is 19.8 Å². The van der Waals surface area contributed by atoms with Crippen LogP contribution in [0.25, 0.3) is 0 Å². The summed E-state index contributed by atoms with van der Waals surface area (Å²) in [5.74, 6) is -0.260. The molecule has 0 aliphatic carbocycles. The summed E-state index contributed by atoms with van der Waals surface area (Å²) >= 11 is 5.47. The molecular formula is C10H20ClNO4S. The third kappa shape index (κ3) is 6.85. The van der Waals surface area contributed by atoms with E-state index >= 15 is 0 Å². The molecule has 0 heterocycles. The number of esters is 1. The molecule has 102 valence electrons. The zero-order valence-corrected chi connectivity index (χ0v) is 11.9. The molecule has 0 saturated carbocycles. The van der Waals surface area contributed by atoms with Gasteiger partial charge in [0.05, 0.1) is 12.4 Å². The Balaban J connectivity index is 4.54. The van der Waals surface area contributed by atoms with Crippen molar-refractivity contribution in [1.82, 2.24) is 4.31 Å². The molecule has 0 N–H and O–H groups in total. The molecular weight excluding hydrogens is 266 g/mol. The normalized spacial score (nSPS) is 11.8. The van der Waals surface area contributed by atoms with Gasteiger partial charge in [0.25, 0.3) is 0 Å². The Bertz CT molecular complexity index is 318. The Kier molecular flexibility index (Phi) is 8.55. The molecule has 0 aromatic carbocycles. The van der Waals surface area contributed by atoms with E-state index in [9.17, 15) is 13.2 Å². The van der Waals surface area contributed by atoms with Crippen LogP contribution >= 0.6 is 11.6 Å². The summed E-state index contributed by atoms with van der Waals surface area (Å²) in [5, 5.41) is 0. The number of hydrogen-bond donors (Lipinski definition) is 0. The van der Waals surface area contributed by atoms with Crippen molar-refractivity contribution in [2.75, 3.05) is 31.3 Å². The highest BCUT2D eigenvalue weighted by molar-refractivity contribution is 7.89. The fourth-order valence-corrected chi connectivity index (χ4v) is 3.10. The second kappa shape index (κ2) is 8.72. The fraction of sp³-hybridized carbons (Fsp3) is 0.900. The number of alkyl halides is 1. The molecule has 0 atom stereocenters. The molecule has 0 rings (SSSR count). The third-order valence-electron chi connectivity index (χ3n) is 2.01. The SMILES string of the molecule is CCCN(CC(=O)OCC)S(=O)(=O)CCCCl. The number of sulfonamides is 1. The van der Waals surface area contributed by atoms with Gasteiger partial charge in [-0.3, -0.25) is 4.79 Å². The summed E-state index contributed by atoms with van der Waals surface area (Å²) in [7, 11) is -3.41. The monoisotopic (exact) mass is 285 g/mol. The molecule has 0 aliphatic heterocycles. The molecule has 5 nitrogen and oxygen atoms in total. The quantitative estimate of drug-likeness (QED) is 0.472. The largest absolute Gasteiger partial charge is 0.465 e. The van der Waals surface area contributed by atoms with Crippen molar-refractivity contribution in [3.8, 4) is 0 Å². The standard InChI is InChI=1S/C10H20ClNO4S/c1-3-7-12(9-10(13)16-4-2)17(14,15)8-5-6-11/h3-9H2,1-2H3. The van der Waals surface area contributed by atoms with Gasteiger partial charge in [0.2, 0.25) is 10.0 Å². The molecule has 17 heavy (non-hydrogen) atoms. The number of halogens is 1. The first kappa shape index (κ1) is 16.7. The van der Waals surface area contributed by atoms with Crippen LogP contribution in [0.15, 0.2) is 0 Å². The van der Waals surface area contributed by atoms with Crippen LogP contribution < -0.4 is 0 Å². The minimum absolute atomic E-state index is 0.0318. The predicted octanol–water partition coefficient (Wildman–Crippen LogP) is 1.22. The maximum Gasteiger partial charge on any atom is 0.321 e. The second-order valence-electron chi connectivity index (χ2n) is 3.50. The molecule has 0 aromatic heterocycles. The molecule has 0 bridgehead atoms. The molecule has 0 radical (unpaired) electrons. The minimum atomic E-state index is -3.41. The molecule has 0 aromatic rings. The summed E-state index contributed by atoms with van der Waals surface area (Å²) in [4.78, 5) is 11.3. The van der Waals surface area contributed by atoms with Crippen LogP contribution in [0, 0.1) is 0 Å². The average Bonchev–Trinajstić information content (AvgIpc) is 2.26. The highest BCUT2D eigenvalue weighted by atomic mass is 35.5. The summed E-state index contributed by atoms with van der Waals surface area (Å²) in [6, 6.07) is 0. The Morgan fingerprint density at radius 1 is 1.35 bits per heavy atom. The van der Waals surface area contributed by atoms with Gasteiger partial charge >= 0.3 is 5.97 Å². The van der Waals surface area contributed by atoms with E-state index in [0.717, 1.165) is 4.31 Å². The van der Waals surface area contributed by atoms with Crippen LogP contribution in [0.4, 0.5) is 0 Å². The first-order chi connectivity index (χ1) is 7.97. The molecule has 0 spiro atoms. The van der Waals surface area contributed by atoms with E-state index in [0.29, 0.717) is 25.3 Å². The Labute approximate surface area is 108 Å². The summed E-state index contributed by atoms with van der Waals surface area (Å²) in [6.45, 7) is 3.90. The maximum absolute atomic E-state index is 11.9. The highest BCUT2D eigenvalue weighted by Crippen LogP contribution is 2.06. The predicted molar refractivity (Wildman–Crippen MR) is 67.6 cm³/mol. The number of carbonyl (C=O) groups excluding carboxylic acids is 1. The van der Waals surface area contributed by atoms with Crippen molar-refractivity contribution in [3.05, 3.63) is 0 Å². The van der Waals surface area contributed by atoms with Gasteiger partial charge in [0.1, 0.15) is 6.54 Å². The lowest BCUT2D eigenvalue weighted by molar-refractivity contribution is -0.143. The minimum Gasteiger partial charge on any atom is -0.465 e. The first-order valence-corrected chi connectivity index (χ1v) is 7.81. The highest BCUT2D eigenvalue weighted by Gasteiger charge is 2.23. The van der Waals surface area contributed by atoms with Crippen molar-refractivity contribution >= 4 is 27.6 Å². The molecule has 7 heteroatoms. The van der Waals surface area contributed by atoms with Crippen LogP contribution in [0.3, 0.4) is 0 Å². The van der Waals surface area contributed by atoms with Gasteiger partial charge in [-0.15, -0.1) is 11.6 Å². The van der Waals surface area contributed by atoms with Crippen molar-refractivity contribution in [2.24, 2.45) is 0 Å². The van der Waals surface area contributed by atoms with E-state index in [-0.39, 0.29) is 18.9 Å².